The van der Waals surface area contributed by atoms with Crippen molar-refractivity contribution < 1.29 is 4.79 Å². The molecule has 0 fully saturated rings. The van der Waals surface area contributed by atoms with Crippen LogP contribution in [0.2, 0.25) is 10.0 Å². The van der Waals surface area contributed by atoms with E-state index in [0.717, 1.165) is 5.71 Å². The van der Waals surface area contributed by atoms with Gasteiger partial charge in [0.2, 0.25) is 5.91 Å². The number of hydrazone groups is 1. The van der Waals surface area contributed by atoms with Crippen molar-refractivity contribution in [1.29, 1.82) is 0 Å². The molecular formula is C11H10Cl2N2O. The van der Waals surface area contributed by atoms with Gasteiger partial charge in [-0.1, -0.05) is 23.2 Å². The lowest BCUT2D eigenvalue weighted by Gasteiger charge is -2.23. The Morgan fingerprint density at radius 2 is 2.06 bits per heavy atom. The molecule has 0 spiro atoms. The summed E-state index contributed by atoms with van der Waals surface area (Å²) in [6.45, 7) is 1.89. The maximum Gasteiger partial charge on any atom is 0.247 e. The lowest BCUT2D eigenvalue weighted by Crippen LogP contribution is -2.30. The molecule has 0 saturated carbocycles. The van der Waals surface area contributed by atoms with Crippen LogP contribution in [0.4, 0.5) is 5.69 Å². The Kier molecular flexibility index (Phi) is 3.17. The van der Waals surface area contributed by atoms with E-state index in [-0.39, 0.29) is 5.91 Å². The third kappa shape index (κ3) is 2.20. The average Bonchev–Trinajstić information content (AvgIpc) is 2.22. The van der Waals surface area contributed by atoms with E-state index in [1.165, 1.54) is 5.01 Å². The van der Waals surface area contributed by atoms with Gasteiger partial charge in [-0.15, -0.1) is 0 Å². The van der Waals surface area contributed by atoms with Gasteiger partial charge in [-0.25, -0.2) is 0 Å². The summed E-state index contributed by atoms with van der Waals surface area (Å²) in [5.41, 5.74) is 1.50. The summed E-state index contributed by atoms with van der Waals surface area (Å²) in [5.74, 6) is -0.0465. The second kappa shape index (κ2) is 4.44. The largest absolute Gasteiger partial charge is 0.273 e. The molecule has 0 aliphatic carbocycles. The van der Waals surface area contributed by atoms with Crippen LogP contribution in [0, 0.1) is 0 Å². The molecule has 0 saturated heterocycles. The third-order valence-corrected chi connectivity index (χ3v) is 2.88. The zero-order chi connectivity index (χ0) is 11.7. The van der Waals surface area contributed by atoms with Crippen LogP contribution in [0.25, 0.3) is 0 Å². The number of hydrogen-bond donors (Lipinski definition) is 0. The minimum Gasteiger partial charge on any atom is -0.273 e. The normalized spacial score (nSPS) is 16.3. The predicted molar refractivity (Wildman–Crippen MR) is 66.3 cm³/mol. The Hall–Kier alpha value is -1.06. The molecule has 0 aromatic heterocycles. The van der Waals surface area contributed by atoms with Crippen molar-refractivity contribution in [1.82, 2.24) is 0 Å². The molecule has 0 bridgehead atoms. The Balaban J connectivity index is 2.43. The number of benzene rings is 1. The topological polar surface area (TPSA) is 32.7 Å². The van der Waals surface area contributed by atoms with Gasteiger partial charge in [0.25, 0.3) is 0 Å². The first kappa shape index (κ1) is 11.4. The summed E-state index contributed by atoms with van der Waals surface area (Å²) in [5, 5.41) is 6.51. The fraction of sp³-hybridized carbons (Fsp3) is 0.273. The van der Waals surface area contributed by atoms with Crippen LogP contribution in [0.1, 0.15) is 19.8 Å². The standard InChI is InChI=1S/C11H10Cl2N2O/c1-7-2-5-11(16)15(14-7)10-4-3-8(12)6-9(10)13/h3-4,6H,2,5H2,1H3. The molecule has 0 unspecified atom stereocenters. The first-order valence-electron chi connectivity index (χ1n) is 4.90. The monoisotopic (exact) mass is 256 g/mol. The Labute approximate surface area is 104 Å². The smallest absolute Gasteiger partial charge is 0.247 e. The number of nitrogens with zero attached hydrogens (tertiary/aromatic N) is 2. The second-order valence-corrected chi connectivity index (χ2v) is 4.48. The average molecular weight is 257 g/mol. The molecule has 2 rings (SSSR count). The van der Waals surface area contributed by atoms with E-state index in [0.29, 0.717) is 28.6 Å². The van der Waals surface area contributed by atoms with Gasteiger partial charge in [0, 0.05) is 17.2 Å². The van der Waals surface area contributed by atoms with Crippen LogP contribution in [-0.2, 0) is 4.79 Å². The van der Waals surface area contributed by atoms with Crippen LogP contribution in [0.5, 0.6) is 0 Å². The van der Waals surface area contributed by atoms with Gasteiger partial charge in [0.1, 0.15) is 0 Å². The highest BCUT2D eigenvalue weighted by molar-refractivity contribution is 6.36. The predicted octanol–water partition coefficient (Wildman–Crippen LogP) is 3.50. The molecule has 1 aliphatic heterocycles. The molecule has 1 aliphatic rings. The van der Waals surface area contributed by atoms with Gasteiger partial charge in [0.05, 0.1) is 10.7 Å². The van der Waals surface area contributed by atoms with E-state index < -0.39 is 0 Å². The lowest BCUT2D eigenvalue weighted by molar-refractivity contribution is -0.118. The zero-order valence-corrected chi connectivity index (χ0v) is 10.2. The van der Waals surface area contributed by atoms with Crippen molar-refractivity contribution in [2.75, 3.05) is 5.01 Å². The summed E-state index contributed by atoms with van der Waals surface area (Å²) in [4.78, 5) is 11.7. The summed E-state index contributed by atoms with van der Waals surface area (Å²) in [6, 6.07) is 4.99. The van der Waals surface area contributed by atoms with Crippen LogP contribution in [0.15, 0.2) is 23.3 Å². The molecule has 1 heterocycles. The van der Waals surface area contributed by atoms with Crippen molar-refractivity contribution in [2.24, 2.45) is 5.10 Å². The molecule has 1 aromatic carbocycles. The fourth-order valence-corrected chi connectivity index (χ4v) is 2.00. The Morgan fingerprint density at radius 3 is 2.75 bits per heavy atom. The van der Waals surface area contributed by atoms with Gasteiger partial charge in [-0.3, -0.25) is 4.79 Å². The van der Waals surface area contributed by atoms with Crippen molar-refractivity contribution >= 4 is 40.5 Å². The van der Waals surface area contributed by atoms with E-state index >= 15 is 0 Å². The second-order valence-electron chi connectivity index (χ2n) is 3.64. The highest BCUT2D eigenvalue weighted by Crippen LogP contribution is 2.30. The van der Waals surface area contributed by atoms with Crippen LogP contribution < -0.4 is 5.01 Å². The SMILES string of the molecule is CC1=NN(c2ccc(Cl)cc2Cl)C(=O)CC1. The van der Waals surface area contributed by atoms with E-state index in [2.05, 4.69) is 5.10 Å². The third-order valence-electron chi connectivity index (χ3n) is 2.35. The summed E-state index contributed by atoms with van der Waals surface area (Å²) in [6.07, 6.45) is 1.18. The fourth-order valence-electron chi connectivity index (χ4n) is 1.51. The van der Waals surface area contributed by atoms with Crippen LogP contribution in [-0.4, -0.2) is 11.6 Å². The summed E-state index contributed by atoms with van der Waals surface area (Å²) < 4.78 is 0. The molecule has 0 atom stereocenters. The summed E-state index contributed by atoms with van der Waals surface area (Å²) in [7, 11) is 0. The maximum atomic E-state index is 11.7. The summed E-state index contributed by atoms with van der Waals surface area (Å²) >= 11 is 11.8. The highest BCUT2D eigenvalue weighted by atomic mass is 35.5. The van der Waals surface area contributed by atoms with Crippen molar-refractivity contribution in [3.05, 3.63) is 28.2 Å². The van der Waals surface area contributed by atoms with E-state index in [9.17, 15) is 4.79 Å². The van der Waals surface area contributed by atoms with Gasteiger partial charge >= 0.3 is 0 Å². The number of amides is 1. The van der Waals surface area contributed by atoms with Crippen LogP contribution in [0.3, 0.4) is 0 Å². The number of hydrogen-bond acceptors (Lipinski definition) is 2. The van der Waals surface area contributed by atoms with E-state index in [1.807, 2.05) is 6.92 Å². The van der Waals surface area contributed by atoms with Gasteiger partial charge in [-0.2, -0.15) is 10.1 Å². The van der Waals surface area contributed by atoms with Gasteiger partial charge < -0.3 is 0 Å². The molecule has 0 radical (unpaired) electrons. The van der Waals surface area contributed by atoms with E-state index in [1.54, 1.807) is 18.2 Å². The van der Waals surface area contributed by atoms with Gasteiger partial charge in [0.15, 0.2) is 0 Å². The quantitative estimate of drug-likeness (QED) is 0.757. The highest BCUT2D eigenvalue weighted by Gasteiger charge is 2.21. The molecular weight excluding hydrogens is 247 g/mol. The number of rotatable bonds is 1. The molecule has 84 valence electrons. The number of anilines is 1. The Bertz CT molecular complexity index is 471. The minimum atomic E-state index is -0.0465. The van der Waals surface area contributed by atoms with E-state index in [4.69, 9.17) is 23.2 Å². The molecule has 3 nitrogen and oxygen atoms in total. The van der Waals surface area contributed by atoms with Crippen molar-refractivity contribution in [3.63, 3.8) is 0 Å². The molecule has 16 heavy (non-hydrogen) atoms. The number of carbonyl (C=O) groups excluding carboxylic acids is 1. The molecule has 1 amide bonds. The minimum absolute atomic E-state index is 0.0465. The molecule has 1 aromatic rings. The van der Waals surface area contributed by atoms with Crippen molar-refractivity contribution in [3.8, 4) is 0 Å². The number of carbonyl (C=O) groups is 1. The Morgan fingerprint density at radius 1 is 1.31 bits per heavy atom. The lowest BCUT2D eigenvalue weighted by atomic mass is 10.2. The van der Waals surface area contributed by atoms with Gasteiger partial charge in [-0.05, 0) is 31.5 Å². The zero-order valence-electron chi connectivity index (χ0n) is 8.70. The molecule has 0 N–H and O–H groups in total. The first-order valence-corrected chi connectivity index (χ1v) is 5.65. The van der Waals surface area contributed by atoms with Crippen molar-refractivity contribution in [2.45, 2.75) is 19.8 Å². The number of halogens is 2. The maximum absolute atomic E-state index is 11.7. The van der Waals surface area contributed by atoms with Crippen LogP contribution >= 0.6 is 23.2 Å². The molecule has 5 heteroatoms. The first-order chi connectivity index (χ1) is 7.58.